The number of amides is 2. The highest BCUT2D eigenvalue weighted by molar-refractivity contribution is 6.25. The first kappa shape index (κ1) is 19.2. The number of nitro groups is 1. The molecule has 3 aliphatic rings. The summed E-state index contributed by atoms with van der Waals surface area (Å²) in [4.78, 5) is 53.4. The van der Waals surface area contributed by atoms with Crippen molar-refractivity contribution in [2.24, 2.45) is 11.8 Å². The first-order chi connectivity index (χ1) is 14.8. The third kappa shape index (κ3) is 2.57. The summed E-state index contributed by atoms with van der Waals surface area (Å²) in [6.07, 6.45) is 3.78. The maximum atomic E-state index is 13.5. The summed E-state index contributed by atoms with van der Waals surface area (Å²) in [6.45, 7) is 3.13. The number of para-hydroxylation sites is 1. The predicted octanol–water partition coefficient (Wildman–Crippen LogP) is 2.88. The summed E-state index contributed by atoms with van der Waals surface area (Å²) in [6, 6.07) is 10.5. The summed E-state index contributed by atoms with van der Waals surface area (Å²) < 4.78 is 0. The van der Waals surface area contributed by atoms with E-state index in [0.29, 0.717) is 5.56 Å². The van der Waals surface area contributed by atoms with E-state index in [1.807, 2.05) is 41.3 Å². The van der Waals surface area contributed by atoms with E-state index in [4.69, 9.17) is 0 Å². The Bertz CT molecular complexity index is 1200. The van der Waals surface area contributed by atoms with Crippen LogP contribution in [0.3, 0.4) is 0 Å². The molecule has 0 saturated carbocycles. The van der Waals surface area contributed by atoms with Crippen LogP contribution in [0.5, 0.6) is 0 Å². The number of benzene rings is 2. The monoisotopic (exact) mass is 417 g/mol. The number of non-ortho nitro benzene ring substituents is 1. The molecule has 4 unspecified atom stereocenters. The molecule has 8 heteroatoms. The van der Waals surface area contributed by atoms with Crippen LogP contribution in [0.15, 0.2) is 48.5 Å². The van der Waals surface area contributed by atoms with Crippen molar-refractivity contribution >= 4 is 40.7 Å². The third-order valence-corrected chi connectivity index (χ3v) is 6.48. The van der Waals surface area contributed by atoms with Crippen molar-refractivity contribution in [3.8, 4) is 0 Å². The highest BCUT2D eigenvalue weighted by atomic mass is 16.6. The van der Waals surface area contributed by atoms with Crippen molar-refractivity contribution in [1.29, 1.82) is 0 Å². The lowest BCUT2D eigenvalue weighted by Gasteiger charge is -2.36. The number of hydrogen-bond acceptors (Lipinski definition) is 6. The van der Waals surface area contributed by atoms with E-state index in [2.05, 4.69) is 0 Å². The molecule has 2 aromatic rings. The number of Topliss-reactive ketones (excluding diaryl/α,β-unsaturated/α-hetero) is 1. The van der Waals surface area contributed by atoms with E-state index in [0.717, 1.165) is 16.2 Å². The van der Waals surface area contributed by atoms with Crippen molar-refractivity contribution in [2.75, 3.05) is 9.80 Å². The molecule has 0 aromatic heterocycles. The van der Waals surface area contributed by atoms with Gasteiger partial charge in [0.25, 0.3) is 5.69 Å². The number of carbonyl (C=O) groups excluding carboxylic acids is 3. The molecule has 0 N–H and O–H groups in total. The molecule has 0 radical (unpaired) electrons. The number of anilines is 2. The fraction of sp³-hybridized carbons (Fsp3) is 0.261. The van der Waals surface area contributed by atoms with Gasteiger partial charge >= 0.3 is 0 Å². The van der Waals surface area contributed by atoms with Crippen molar-refractivity contribution in [3.05, 3.63) is 69.8 Å². The van der Waals surface area contributed by atoms with E-state index in [9.17, 15) is 24.5 Å². The van der Waals surface area contributed by atoms with Crippen LogP contribution in [0.2, 0.25) is 0 Å². The molecular weight excluding hydrogens is 398 g/mol. The van der Waals surface area contributed by atoms with Gasteiger partial charge in [0.1, 0.15) is 6.04 Å². The number of aryl methyl sites for hydroxylation is 1. The number of nitrogens with zero attached hydrogens (tertiary/aromatic N) is 3. The Morgan fingerprint density at radius 1 is 1.03 bits per heavy atom. The summed E-state index contributed by atoms with van der Waals surface area (Å²) >= 11 is 0. The topological polar surface area (TPSA) is 101 Å². The molecule has 2 fully saturated rings. The van der Waals surface area contributed by atoms with Crippen LogP contribution >= 0.6 is 0 Å². The van der Waals surface area contributed by atoms with Gasteiger partial charge in [-0.15, -0.1) is 0 Å². The Kier molecular flexibility index (Phi) is 4.08. The molecule has 0 bridgehead atoms. The fourth-order valence-electron chi connectivity index (χ4n) is 5.16. The summed E-state index contributed by atoms with van der Waals surface area (Å²) in [7, 11) is 0. The molecule has 5 rings (SSSR count). The number of ketones is 1. The van der Waals surface area contributed by atoms with E-state index in [1.54, 1.807) is 6.92 Å². The smallest absolute Gasteiger partial charge is 0.271 e. The van der Waals surface area contributed by atoms with Crippen molar-refractivity contribution in [3.63, 3.8) is 0 Å². The molecule has 31 heavy (non-hydrogen) atoms. The van der Waals surface area contributed by atoms with E-state index in [1.165, 1.54) is 25.1 Å². The maximum Gasteiger partial charge on any atom is 0.271 e. The van der Waals surface area contributed by atoms with E-state index in [-0.39, 0.29) is 17.2 Å². The molecule has 2 saturated heterocycles. The molecule has 2 amide bonds. The SMILES string of the molecule is CC(=O)C1C2C(=O)N(c3cc([N+](=O)[O-])ccc3C)C(=O)C2C2C=Cc3ccccc3N21. The fourth-order valence-corrected chi connectivity index (χ4v) is 5.16. The van der Waals surface area contributed by atoms with Gasteiger partial charge in [0.05, 0.1) is 28.5 Å². The zero-order valence-corrected chi connectivity index (χ0v) is 16.9. The van der Waals surface area contributed by atoms with Crippen molar-refractivity contribution < 1.29 is 19.3 Å². The van der Waals surface area contributed by atoms with Crippen LogP contribution in [0.4, 0.5) is 17.1 Å². The summed E-state index contributed by atoms with van der Waals surface area (Å²) in [5.41, 5.74) is 2.33. The van der Waals surface area contributed by atoms with Gasteiger partial charge in [-0.2, -0.15) is 0 Å². The minimum Gasteiger partial charge on any atom is -0.353 e. The zero-order chi connectivity index (χ0) is 22.0. The number of carbonyl (C=O) groups is 3. The minimum atomic E-state index is -0.843. The first-order valence-electron chi connectivity index (χ1n) is 10.00. The number of nitro benzene ring substituents is 1. The lowest BCUT2D eigenvalue weighted by Crippen LogP contribution is -2.48. The van der Waals surface area contributed by atoms with Crippen LogP contribution < -0.4 is 9.80 Å². The number of imide groups is 1. The molecule has 0 spiro atoms. The van der Waals surface area contributed by atoms with Crippen molar-refractivity contribution in [1.82, 2.24) is 0 Å². The van der Waals surface area contributed by atoms with E-state index >= 15 is 0 Å². The van der Waals surface area contributed by atoms with Gasteiger partial charge in [0.15, 0.2) is 5.78 Å². The molecule has 3 aliphatic heterocycles. The quantitative estimate of drug-likeness (QED) is 0.432. The Hall–Kier alpha value is -3.81. The standard InChI is InChI=1S/C23H19N3O5/c1-12-7-9-15(26(30)31)11-18(12)25-22(28)19-17-10-8-14-5-3-4-6-16(14)24(17)21(13(2)27)20(19)23(25)29/h3-11,17,19-21H,1-2H3. The van der Waals surface area contributed by atoms with Crippen LogP contribution in [-0.4, -0.2) is 34.6 Å². The molecule has 2 aromatic carbocycles. The van der Waals surface area contributed by atoms with Gasteiger partial charge < -0.3 is 4.90 Å². The Balaban J connectivity index is 1.63. The maximum absolute atomic E-state index is 13.5. The molecule has 8 nitrogen and oxygen atoms in total. The van der Waals surface area contributed by atoms with Gasteiger partial charge in [-0.25, -0.2) is 4.90 Å². The zero-order valence-electron chi connectivity index (χ0n) is 16.9. The van der Waals surface area contributed by atoms with Crippen LogP contribution in [0, 0.1) is 28.9 Å². The average Bonchev–Trinajstić information content (AvgIpc) is 3.22. The Labute approximate surface area is 177 Å². The molecule has 156 valence electrons. The Morgan fingerprint density at radius 2 is 1.74 bits per heavy atom. The predicted molar refractivity (Wildman–Crippen MR) is 114 cm³/mol. The van der Waals surface area contributed by atoms with E-state index < -0.39 is 40.7 Å². The molecule has 3 heterocycles. The first-order valence-corrected chi connectivity index (χ1v) is 10.00. The van der Waals surface area contributed by atoms with Crippen LogP contribution in [-0.2, 0) is 14.4 Å². The van der Waals surface area contributed by atoms with Gasteiger partial charge in [0.2, 0.25) is 11.8 Å². The van der Waals surface area contributed by atoms with Crippen LogP contribution in [0.1, 0.15) is 18.1 Å². The molecular formula is C23H19N3O5. The Morgan fingerprint density at radius 3 is 2.45 bits per heavy atom. The lowest BCUT2D eigenvalue weighted by atomic mass is 9.88. The van der Waals surface area contributed by atoms with Crippen LogP contribution in [0.25, 0.3) is 6.08 Å². The summed E-state index contributed by atoms with van der Waals surface area (Å²) in [5, 5.41) is 11.2. The molecule has 4 atom stereocenters. The largest absolute Gasteiger partial charge is 0.353 e. The van der Waals surface area contributed by atoms with Gasteiger partial charge in [-0.3, -0.25) is 24.5 Å². The highest BCUT2D eigenvalue weighted by Gasteiger charge is 2.63. The van der Waals surface area contributed by atoms with Gasteiger partial charge in [0, 0.05) is 17.8 Å². The number of fused-ring (bicyclic) bond motifs is 5. The van der Waals surface area contributed by atoms with Gasteiger partial charge in [-0.1, -0.05) is 36.4 Å². The second-order valence-corrected chi connectivity index (χ2v) is 8.16. The van der Waals surface area contributed by atoms with Gasteiger partial charge in [-0.05, 0) is 31.0 Å². The molecule has 0 aliphatic carbocycles. The highest BCUT2D eigenvalue weighted by Crippen LogP contribution is 2.49. The third-order valence-electron chi connectivity index (χ3n) is 6.48. The minimum absolute atomic E-state index is 0.193. The normalized spacial score (nSPS) is 26.0. The second kappa shape index (κ2) is 6.60. The number of hydrogen-bond donors (Lipinski definition) is 0. The lowest BCUT2D eigenvalue weighted by molar-refractivity contribution is -0.384. The number of rotatable bonds is 3. The average molecular weight is 417 g/mol. The summed E-state index contributed by atoms with van der Waals surface area (Å²) in [5.74, 6) is -2.68. The van der Waals surface area contributed by atoms with Crippen molar-refractivity contribution in [2.45, 2.75) is 25.9 Å². The second-order valence-electron chi connectivity index (χ2n) is 8.16.